The molecule has 0 saturated heterocycles. The fourth-order valence-corrected chi connectivity index (χ4v) is 5.51. The Morgan fingerprint density at radius 3 is 2.20 bits per heavy atom. The SMILES string of the molecule is CN(C1CCC([C@H](N)Cc2cc(F)ccc2F)CC1)S(=O)(=O)c1ccc(F)cc1F. The Hall–Kier alpha value is -1.97. The molecule has 1 aliphatic carbocycles. The third kappa shape index (κ3) is 4.84. The second kappa shape index (κ2) is 9.03. The molecule has 0 heterocycles. The number of nitrogens with zero attached hydrogens (tertiary/aromatic N) is 1. The minimum Gasteiger partial charge on any atom is -0.327 e. The monoisotopic (exact) mass is 444 g/mol. The van der Waals surface area contributed by atoms with Gasteiger partial charge in [-0.25, -0.2) is 26.0 Å². The molecule has 4 nitrogen and oxygen atoms in total. The summed E-state index contributed by atoms with van der Waals surface area (Å²) in [6.45, 7) is 0. The lowest BCUT2D eigenvalue weighted by Gasteiger charge is -2.36. The Kier molecular flexibility index (Phi) is 6.84. The summed E-state index contributed by atoms with van der Waals surface area (Å²) >= 11 is 0. The van der Waals surface area contributed by atoms with Crippen molar-refractivity contribution in [2.75, 3.05) is 7.05 Å². The molecule has 30 heavy (non-hydrogen) atoms. The molecule has 1 aliphatic rings. The number of benzene rings is 2. The summed E-state index contributed by atoms with van der Waals surface area (Å²) in [5.41, 5.74) is 6.44. The molecule has 3 rings (SSSR count). The highest BCUT2D eigenvalue weighted by Crippen LogP contribution is 2.33. The molecule has 0 aromatic heterocycles. The maximum atomic E-state index is 14.0. The van der Waals surface area contributed by atoms with Gasteiger partial charge in [-0.15, -0.1) is 0 Å². The molecule has 1 fully saturated rings. The highest BCUT2D eigenvalue weighted by Gasteiger charge is 2.34. The first-order chi connectivity index (χ1) is 14.1. The average Bonchev–Trinajstić information content (AvgIpc) is 2.70. The van der Waals surface area contributed by atoms with Gasteiger partial charge in [-0.2, -0.15) is 4.31 Å². The zero-order valence-corrected chi connectivity index (χ0v) is 17.3. The normalized spacial score (nSPS) is 21.0. The van der Waals surface area contributed by atoms with Gasteiger partial charge < -0.3 is 5.73 Å². The van der Waals surface area contributed by atoms with Gasteiger partial charge >= 0.3 is 0 Å². The maximum absolute atomic E-state index is 14.0. The highest BCUT2D eigenvalue weighted by atomic mass is 32.2. The third-order valence-corrected chi connectivity index (χ3v) is 7.82. The quantitative estimate of drug-likeness (QED) is 0.686. The number of halogens is 4. The van der Waals surface area contributed by atoms with E-state index >= 15 is 0 Å². The summed E-state index contributed by atoms with van der Waals surface area (Å²) < 4.78 is 81.0. The molecule has 2 aromatic carbocycles. The van der Waals surface area contributed by atoms with Crippen LogP contribution in [-0.4, -0.2) is 31.9 Å². The van der Waals surface area contributed by atoms with Gasteiger partial charge in [0, 0.05) is 25.2 Å². The van der Waals surface area contributed by atoms with Gasteiger partial charge in [-0.3, -0.25) is 0 Å². The lowest BCUT2D eigenvalue weighted by atomic mass is 9.80. The maximum Gasteiger partial charge on any atom is 0.245 e. The van der Waals surface area contributed by atoms with E-state index < -0.39 is 44.2 Å². The summed E-state index contributed by atoms with van der Waals surface area (Å²) in [6.07, 6.45) is 2.40. The standard InChI is InChI=1S/C21H24F4N2O2S/c1-27(30(28,29)21-9-5-16(23)12-19(21)25)17-6-2-13(3-7-17)20(26)11-14-10-15(22)4-8-18(14)24/h4-5,8-10,12-13,17,20H,2-3,6-7,11,26H2,1H3/t13?,17?,20-/m1/s1. The molecule has 0 amide bonds. The largest absolute Gasteiger partial charge is 0.327 e. The van der Waals surface area contributed by atoms with Crippen molar-refractivity contribution in [1.29, 1.82) is 0 Å². The molecule has 2 N–H and O–H groups in total. The van der Waals surface area contributed by atoms with Gasteiger partial charge in [-0.1, -0.05) is 0 Å². The van der Waals surface area contributed by atoms with Crippen LogP contribution < -0.4 is 5.73 Å². The second-order valence-electron chi connectivity index (χ2n) is 7.77. The summed E-state index contributed by atoms with van der Waals surface area (Å²) in [4.78, 5) is -0.563. The van der Waals surface area contributed by atoms with Gasteiger partial charge in [0.2, 0.25) is 10.0 Å². The number of hydrogen-bond donors (Lipinski definition) is 1. The van der Waals surface area contributed by atoms with Gasteiger partial charge in [0.25, 0.3) is 0 Å². The van der Waals surface area contributed by atoms with Crippen LogP contribution in [0.25, 0.3) is 0 Å². The van der Waals surface area contributed by atoms with Crippen LogP contribution in [-0.2, 0) is 16.4 Å². The van der Waals surface area contributed by atoms with Crippen LogP contribution in [0.3, 0.4) is 0 Å². The molecular weight excluding hydrogens is 420 g/mol. The Balaban J connectivity index is 1.63. The van der Waals surface area contributed by atoms with Crippen LogP contribution in [0.15, 0.2) is 41.3 Å². The van der Waals surface area contributed by atoms with Gasteiger partial charge in [0.05, 0.1) is 0 Å². The van der Waals surface area contributed by atoms with E-state index in [0.717, 1.165) is 34.6 Å². The highest BCUT2D eigenvalue weighted by molar-refractivity contribution is 7.89. The number of rotatable bonds is 6. The van der Waals surface area contributed by atoms with Crippen molar-refractivity contribution in [2.24, 2.45) is 11.7 Å². The first-order valence-corrected chi connectivity index (χ1v) is 11.2. The zero-order valence-electron chi connectivity index (χ0n) is 16.5. The molecule has 0 radical (unpaired) electrons. The minimum atomic E-state index is -4.11. The lowest BCUT2D eigenvalue weighted by Crippen LogP contribution is -2.43. The first-order valence-electron chi connectivity index (χ1n) is 9.72. The number of sulfonamides is 1. The average molecular weight is 444 g/mol. The van der Waals surface area contributed by atoms with Crippen molar-refractivity contribution in [2.45, 2.75) is 49.1 Å². The summed E-state index contributed by atoms with van der Waals surface area (Å²) in [6, 6.07) is 4.89. The summed E-state index contributed by atoms with van der Waals surface area (Å²) in [7, 11) is -2.73. The molecule has 9 heteroatoms. The number of hydrogen-bond acceptors (Lipinski definition) is 3. The van der Waals surface area contributed by atoms with E-state index in [1.165, 1.54) is 7.05 Å². The molecule has 0 unspecified atom stereocenters. The van der Waals surface area contributed by atoms with Crippen LogP contribution in [0.5, 0.6) is 0 Å². The summed E-state index contributed by atoms with van der Waals surface area (Å²) in [5, 5.41) is 0. The van der Waals surface area contributed by atoms with Crippen molar-refractivity contribution in [1.82, 2.24) is 4.31 Å². The van der Waals surface area contributed by atoms with Crippen molar-refractivity contribution in [3.63, 3.8) is 0 Å². The van der Waals surface area contributed by atoms with E-state index in [1.54, 1.807) is 0 Å². The van der Waals surface area contributed by atoms with Gasteiger partial charge in [-0.05, 0) is 73.9 Å². The fraction of sp³-hybridized carbons (Fsp3) is 0.429. The first kappa shape index (κ1) is 22.7. The molecule has 0 bridgehead atoms. The van der Waals surface area contributed by atoms with Crippen molar-refractivity contribution in [3.8, 4) is 0 Å². The van der Waals surface area contributed by atoms with E-state index in [0.29, 0.717) is 31.7 Å². The van der Waals surface area contributed by atoms with E-state index in [2.05, 4.69) is 0 Å². The lowest BCUT2D eigenvalue weighted by molar-refractivity contribution is 0.214. The van der Waals surface area contributed by atoms with Crippen molar-refractivity contribution >= 4 is 10.0 Å². The molecule has 0 aliphatic heterocycles. The molecule has 1 atom stereocenters. The Labute approximate surface area is 173 Å². The predicted octanol–water partition coefficient (Wildman–Crippen LogP) is 3.99. The van der Waals surface area contributed by atoms with Crippen LogP contribution in [0.2, 0.25) is 0 Å². The molecule has 1 saturated carbocycles. The Morgan fingerprint density at radius 2 is 1.57 bits per heavy atom. The van der Waals surface area contributed by atoms with E-state index in [4.69, 9.17) is 5.73 Å². The van der Waals surface area contributed by atoms with Crippen LogP contribution in [0.1, 0.15) is 31.2 Å². The molecule has 0 spiro atoms. The summed E-state index contributed by atoms with van der Waals surface area (Å²) in [5.74, 6) is -2.98. The van der Waals surface area contributed by atoms with Crippen molar-refractivity contribution in [3.05, 3.63) is 65.2 Å². The second-order valence-corrected chi connectivity index (χ2v) is 9.73. The topological polar surface area (TPSA) is 63.4 Å². The van der Waals surface area contributed by atoms with Crippen LogP contribution >= 0.6 is 0 Å². The fourth-order valence-electron chi connectivity index (χ4n) is 4.05. The predicted molar refractivity (Wildman–Crippen MR) is 105 cm³/mol. The molecule has 2 aromatic rings. The zero-order chi connectivity index (χ0) is 22.1. The van der Waals surface area contributed by atoms with Crippen LogP contribution in [0.4, 0.5) is 17.6 Å². The molecular formula is C21H24F4N2O2S. The van der Waals surface area contributed by atoms with Crippen molar-refractivity contribution < 1.29 is 26.0 Å². The number of nitrogens with two attached hydrogens (primary N) is 1. The Bertz CT molecular complexity index is 1010. The Morgan fingerprint density at radius 1 is 0.967 bits per heavy atom. The van der Waals surface area contributed by atoms with E-state index in [-0.39, 0.29) is 23.9 Å². The third-order valence-electron chi connectivity index (χ3n) is 5.88. The van der Waals surface area contributed by atoms with E-state index in [9.17, 15) is 26.0 Å². The minimum absolute atomic E-state index is 0.0302. The van der Waals surface area contributed by atoms with Crippen LogP contribution in [0, 0.1) is 29.2 Å². The van der Waals surface area contributed by atoms with E-state index in [1.807, 2.05) is 0 Å². The van der Waals surface area contributed by atoms with Gasteiger partial charge in [0.1, 0.15) is 28.2 Å². The van der Waals surface area contributed by atoms with Gasteiger partial charge in [0.15, 0.2) is 0 Å². The molecule has 164 valence electrons. The smallest absolute Gasteiger partial charge is 0.245 e.